The average Bonchev–Trinajstić information content (AvgIpc) is 3.06. The summed E-state index contributed by atoms with van der Waals surface area (Å²) in [7, 11) is 0. The summed E-state index contributed by atoms with van der Waals surface area (Å²) in [6.07, 6.45) is -0.224. The Morgan fingerprint density at radius 1 is 1.40 bits per heavy atom. The smallest absolute Gasteiger partial charge is 0.408 e. The van der Waals surface area contributed by atoms with Gasteiger partial charge in [-0.2, -0.15) is 0 Å². The summed E-state index contributed by atoms with van der Waals surface area (Å²) in [4.78, 5) is 18.9. The number of fused-ring (bicyclic) bond motifs is 2. The molecule has 2 aromatic heterocycles. The Labute approximate surface area is 161 Å². The Kier molecular flexibility index (Phi) is 4.01. The van der Waals surface area contributed by atoms with Gasteiger partial charge in [-0.15, -0.1) is 22.7 Å². The minimum absolute atomic E-state index is 0.0868. The molecule has 4 rings (SSSR count). The van der Waals surface area contributed by atoms with E-state index in [-0.39, 0.29) is 12.1 Å². The van der Waals surface area contributed by atoms with Gasteiger partial charge in [-0.05, 0) is 44.0 Å². The van der Waals surface area contributed by atoms with Gasteiger partial charge >= 0.3 is 6.09 Å². The molecule has 0 bridgehead atoms. The molecule has 2 atom stereocenters. The van der Waals surface area contributed by atoms with Crippen molar-refractivity contribution in [1.29, 1.82) is 0 Å². The van der Waals surface area contributed by atoms with Crippen LogP contribution in [-0.2, 0) is 6.42 Å². The minimum Gasteiger partial charge on any atom is -0.465 e. The molecule has 0 aliphatic carbocycles. The number of anilines is 1. The van der Waals surface area contributed by atoms with Crippen molar-refractivity contribution in [2.45, 2.75) is 32.4 Å². The maximum Gasteiger partial charge on any atom is 0.408 e. The number of amides is 1. The maximum absolute atomic E-state index is 11.6. The van der Waals surface area contributed by atoms with Crippen LogP contribution >= 0.6 is 38.6 Å². The first-order chi connectivity index (χ1) is 11.9. The third kappa shape index (κ3) is 2.63. The molecule has 3 heterocycles. The van der Waals surface area contributed by atoms with Crippen molar-refractivity contribution in [3.05, 3.63) is 33.1 Å². The molecule has 1 aromatic carbocycles. The fourth-order valence-corrected chi connectivity index (χ4v) is 6.14. The van der Waals surface area contributed by atoms with Crippen LogP contribution in [0.4, 0.5) is 9.80 Å². The number of benzene rings is 1. The molecular formula is C17H16BrN3O2S2. The van der Waals surface area contributed by atoms with Crippen molar-refractivity contribution in [2.24, 2.45) is 0 Å². The number of hydrogen-bond donors (Lipinski definition) is 2. The summed E-state index contributed by atoms with van der Waals surface area (Å²) < 4.78 is 2.11. The Morgan fingerprint density at radius 3 is 2.88 bits per heavy atom. The number of nitrogens with two attached hydrogens (primary N) is 1. The van der Waals surface area contributed by atoms with E-state index >= 15 is 0 Å². The van der Waals surface area contributed by atoms with Crippen LogP contribution in [0.25, 0.3) is 20.8 Å². The first-order valence-corrected chi connectivity index (χ1v) is 10.3. The highest BCUT2D eigenvalue weighted by Gasteiger charge is 2.37. The second kappa shape index (κ2) is 5.96. The van der Waals surface area contributed by atoms with E-state index in [0.717, 1.165) is 40.7 Å². The lowest BCUT2D eigenvalue weighted by Crippen LogP contribution is -2.43. The monoisotopic (exact) mass is 437 g/mol. The molecule has 0 fully saturated rings. The van der Waals surface area contributed by atoms with Crippen molar-refractivity contribution in [3.63, 3.8) is 0 Å². The number of carboxylic acid groups (broad SMARTS) is 1. The predicted octanol–water partition coefficient (Wildman–Crippen LogP) is 5.36. The molecule has 0 saturated heterocycles. The van der Waals surface area contributed by atoms with Gasteiger partial charge in [-0.25, -0.2) is 9.78 Å². The zero-order valence-corrected chi connectivity index (χ0v) is 16.8. The largest absolute Gasteiger partial charge is 0.465 e. The van der Waals surface area contributed by atoms with Crippen molar-refractivity contribution < 1.29 is 9.90 Å². The summed E-state index contributed by atoms with van der Waals surface area (Å²) in [5.41, 5.74) is 9.42. The number of thiazole rings is 1. The predicted molar refractivity (Wildman–Crippen MR) is 106 cm³/mol. The van der Waals surface area contributed by atoms with Crippen LogP contribution in [0.3, 0.4) is 0 Å². The lowest BCUT2D eigenvalue weighted by Gasteiger charge is -2.36. The van der Waals surface area contributed by atoms with Gasteiger partial charge in [-0.1, -0.05) is 15.9 Å². The van der Waals surface area contributed by atoms with Crippen LogP contribution in [0.1, 0.15) is 30.3 Å². The first kappa shape index (κ1) is 16.8. The average molecular weight is 438 g/mol. The first-order valence-electron chi connectivity index (χ1n) is 7.85. The highest BCUT2D eigenvalue weighted by molar-refractivity contribution is 9.10. The molecule has 0 spiro atoms. The molecule has 2 unspecified atom stereocenters. The van der Waals surface area contributed by atoms with Gasteiger partial charge in [0.1, 0.15) is 5.01 Å². The number of hydrogen-bond acceptors (Lipinski definition) is 5. The van der Waals surface area contributed by atoms with Crippen LogP contribution < -0.4 is 5.73 Å². The summed E-state index contributed by atoms with van der Waals surface area (Å²) in [5.74, 6) is 0. The zero-order valence-electron chi connectivity index (χ0n) is 13.6. The van der Waals surface area contributed by atoms with Crippen LogP contribution in [0.5, 0.6) is 0 Å². The molecule has 3 N–H and O–H groups in total. The number of nitrogen functional groups attached to an aromatic ring is 1. The molecular weight excluding hydrogens is 422 g/mol. The van der Waals surface area contributed by atoms with Gasteiger partial charge in [0.2, 0.25) is 0 Å². The molecule has 0 radical (unpaired) electrons. The maximum atomic E-state index is 11.6. The summed E-state index contributed by atoms with van der Waals surface area (Å²) in [5, 5.41) is 11.1. The third-order valence-electron chi connectivity index (χ3n) is 4.62. The normalized spacial score (nSPS) is 20.0. The number of aromatic nitrogens is 1. The van der Waals surface area contributed by atoms with Crippen LogP contribution in [-0.4, -0.2) is 27.1 Å². The summed E-state index contributed by atoms with van der Waals surface area (Å²) in [6, 6.07) is 5.78. The Morgan fingerprint density at radius 2 is 2.16 bits per heavy atom. The number of rotatable bonds is 1. The van der Waals surface area contributed by atoms with E-state index in [9.17, 15) is 9.90 Å². The fourth-order valence-electron chi connectivity index (χ4n) is 3.54. The van der Waals surface area contributed by atoms with E-state index in [1.165, 1.54) is 16.2 Å². The number of nitrogens with zero attached hydrogens (tertiary/aromatic N) is 2. The molecule has 130 valence electrons. The number of halogens is 1. The SMILES string of the molecule is CC1Cc2c(sc(N)c2-c2nc3cc(Br)ccc3s2)C(C)N1C(=O)O. The Hall–Kier alpha value is -1.64. The molecule has 5 nitrogen and oxygen atoms in total. The van der Waals surface area contributed by atoms with E-state index < -0.39 is 6.09 Å². The topological polar surface area (TPSA) is 79.5 Å². The lowest BCUT2D eigenvalue weighted by molar-refractivity contribution is 0.102. The molecule has 25 heavy (non-hydrogen) atoms. The van der Waals surface area contributed by atoms with Gasteiger partial charge < -0.3 is 10.8 Å². The second-order valence-electron chi connectivity index (χ2n) is 6.23. The molecule has 0 saturated carbocycles. The highest BCUT2D eigenvalue weighted by Crippen LogP contribution is 2.48. The molecule has 3 aromatic rings. The molecule has 1 amide bonds. The van der Waals surface area contributed by atoms with Gasteiger partial charge in [-0.3, -0.25) is 4.90 Å². The second-order valence-corrected chi connectivity index (χ2v) is 9.26. The lowest BCUT2D eigenvalue weighted by atomic mass is 9.94. The quantitative estimate of drug-likeness (QED) is 0.537. The highest BCUT2D eigenvalue weighted by atomic mass is 79.9. The molecule has 1 aliphatic heterocycles. The van der Waals surface area contributed by atoms with E-state index in [1.807, 2.05) is 32.0 Å². The fraction of sp³-hybridized carbons (Fsp3) is 0.294. The van der Waals surface area contributed by atoms with E-state index in [1.54, 1.807) is 11.3 Å². The number of carbonyl (C=O) groups is 1. The van der Waals surface area contributed by atoms with E-state index in [4.69, 9.17) is 10.7 Å². The van der Waals surface area contributed by atoms with E-state index in [2.05, 4.69) is 15.9 Å². The number of thiophene rings is 1. The van der Waals surface area contributed by atoms with Crippen LogP contribution in [0.2, 0.25) is 0 Å². The van der Waals surface area contributed by atoms with Crippen molar-refractivity contribution >= 4 is 59.9 Å². The standard InChI is InChI=1S/C17H16BrN3O2S2/c1-7-5-10-13(15(19)25-14(10)8(2)21(7)17(22)23)16-20-11-6-9(18)3-4-12(11)24-16/h3-4,6-8H,5,19H2,1-2H3,(H,22,23). The van der Waals surface area contributed by atoms with Crippen LogP contribution in [0.15, 0.2) is 22.7 Å². The summed E-state index contributed by atoms with van der Waals surface area (Å²) >= 11 is 6.59. The third-order valence-corrected chi connectivity index (χ3v) is 7.40. The van der Waals surface area contributed by atoms with Gasteiger partial charge in [0.15, 0.2) is 0 Å². The van der Waals surface area contributed by atoms with E-state index in [0.29, 0.717) is 6.42 Å². The van der Waals surface area contributed by atoms with Gasteiger partial charge in [0.05, 0.1) is 21.3 Å². The Bertz CT molecular complexity index is 997. The summed E-state index contributed by atoms with van der Waals surface area (Å²) in [6.45, 7) is 3.87. The molecule has 8 heteroatoms. The van der Waals surface area contributed by atoms with Crippen molar-refractivity contribution in [1.82, 2.24) is 9.88 Å². The van der Waals surface area contributed by atoms with Crippen LogP contribution in [0, 0.1) is 0 Å². The Balaban J connectivity index is 1.87. The molecule has 1 aliphatic rings. The van der Waals surface area contributed by atoms with Gasteiger partial charge in [0, 0.05) is 21.0 Å². The minimum atomic E-state index is -0.885. The van der Waals surface area contributed by atoms with Crippen molar-refractivity contribution in [2.75, 3.05) is 5.73 Å². The van der Waals surface area contributed by atoms with Crippen molar-refractivity contribution in [3.8, 4) is 10.6 Å². The van der Waals surface area contributed by atoms with Gasteiger partial charge in [0.25, 0.3) is 0 Å². The zero-order chi connectivity index (χ0) is 17.9.